The van der Waals surface area contributed by atoms with Crippen LogP contribution in [0.15, 0.2) is 107 Å². The third kappa shape index (κ3) is 18.8. The summed E-state index contributed by atoms with van der Waals surface area (Å²) in [6.07, 6.45) is 0. The number of aromatic hydroxyl groups is 2. The van der Waals surface area contributed by atoms with Crippen LogP contribution in [0.1, 0.15) is 48.4 Å². The number of carboxylic acid groups (broad SMARTS) is 2. The molecule has 0 saturated heterocycles. The number of rotatable bonds is 16. The normalized spacial score (nSPS) is 10.6. The van der Waals surface area contributed by atoms with Crippen molar-refractivity contribution in [2.45, 2.75) is 37.5 Å². The van der Waals surface area contributed by atoms with Crippen LogP contribution in [0.25, 0.3) is 0 Å². The summed E-state index contributed by atoms with van der Waals surface area (Å²) in [7, 11) is -8.36. The molecule has 2 amide bonds. The summed E-state index contributed by atoms with van der Waals surface area (Å²) in [5.74, 6) is -4.27. The predicted octanol–water partition coefficient (Wildman–Crippen LogP) is 0.886. The lowest BCUT2D eigenvalue weighted by Crippen LogP contribution is -2.82. The van der Waals surface area contributed by atoms with E-state index in [1.165, 1.54) is 85.9 Å². The zero-order chi connectivity index (χ0) is 43.7. The van der Waals surface area contributed by atoms with E-state index in [1.807, 2.05) is 9.44 Å². The van der Waals surface area contributed by atoms with Crippen LogP contribution in [-0.2, 0) is 29.6 Å². The lowest BCUT2D eigenvalue weighted by molar-refractivity contribution is -0.648. The van der Waals surface area contributed by atoms with Gasteiger partial charge in [0.1, 0.15) is 11.5 Å². The van der Waals surface area contributed by atoms with Crippen LogP contribution in [-0.4, -0.2) is 95.2 Å². The fourth-order valence-electron chi connectivity index (χ4n) is 4.26. The molecule has 20 heteroatoms. The number of nitrogens with two attached hydrogens (primary N) is 1. The quantitative estimate of drug-likeness (QED) is 0.0709. The van der Waals surface area contributed by atoms with Crippen molar-refractivity contribution in [3.8, 4) is 11.5 Å². The fourth-order valence-corrected chi connectivity index (χ4v) is 6.62. The number of phenols is 2. The maximum Gasteiger partial charge on any atom is 0.337 e. The van der Waals surface area contributed by atoms with E-state index in [1.54, 1.807) is 0 Å². The standard InChI is InChI=1S/2C15H14N2O6S.2C4H11N/c2*18-11-7-5-10(6-8-11)17-14(19)9-16-24(22,23)13-4-2-1-3-12(13)15(20)21;2*1-3-5-4-2/h2*1-8,16,18H,9H2,(H,17,19)(H,20,21);2*5H,3-4H2,1-2H3. The van der Waals surface area contributed by atoms with E-state index in [-0.39, 0.29) is 17.1 Å². The number of anilines is 2. The minimum Gasteiger partial charge on any atom is -0.545 e. The highest BCUT2D eigenvalue weighted by atomic mass is 32.2. The molecule has 0 aliphatic rings. The number of carbonyl (C=O) groups is 4. The van der Waals surface area contributed by atoms with Crippen LogP contribution >= 0.6 is 0 Å². The third-order valence-electron chi connectivity index (χ3n) is 7.03. The number of carboxylic acids is 2. The van der Waals surface area contributed by atoms with Crippen LogP contribution in [0, 0.1) is 0 Å². The van der Waals surface area contributed by atoms with Gasteiger partial charge in [0.25, 0.3) is 0 Å². The second-order valence-corrected chi connectivity index (χ2v) is 15.0. The zero-order valence-electron chi connectivity index (χ0n) is 32.4. The number of quaternary nitrogens is 1. The van der Waals surface area contributed by atoms with Gasteiger partial charge in [-0.25, -0.2) is 31.1 Å². The van der Waals surface area contributed by atoms with Crippen molar-refractivity contribution < 1.29 is 61.8 Å². The van der Waals surface area contributed by atoms with Gasteiger partial charge in [-0.15, -0.1) is 0 Å². The fraction of sp³-hybridized carbons (Fsp3) is 0.263. The number of nitrogens with one attached hydrogen (secondary N) is 5. The number of benzene rings is 4. The molecule has 316 valence electrons. The average molecular weight is 847 g/mol. The van der Waals surface area contributed by atoms with Gasteiger partial charge in [-0.05, 0) is 93.7 Å². The Morgan fingerprint density at radius 1 is 0.586 bits per heavy atom. The number of hydrogen-bond acceptors (Lipinski definition) is 12. The molecule has 18 nitrogen and oxygen atoms in total. The number of aromatic carboxylic acids is 2. The smallest absolute Gasteiger partial charge is 0.337 e. The molecule has 0 fully saturated rings. The molecule has 4 aromatic carbocycles. The Balaban J connectivity index is 0.000000470. The summed E-state index contributed by atoms with van der Waals surface area (Å²) < 4.78 is 52.7. The van der Waals surface area contributed by atoms with Crippen LogP contribution in [0.2, 0.25) is 0 Å². The number of amides is 2. The van der Waals surface area contributed by atoms with Crippen LogP contribution < -0.4 is 35.8 Å². The van der Waals surface area contributed by atoms with Gasteiger partial charge in [-0.2, -0.15) is 0 Å². The molecule has 0 spiro atoms. The van der Waals surface area contributed by atoms with Gasteiger partial charge in [0.2, 0.25) is 31.9 Å². The lowest BCUT2D eigenvalue weighted by Gasteiger charge is -2.12. The van der Waals surface area contributed by atoms with E-state index >= 15 is 0 Å². The second kappa shape index (κ2) is 26.1. The Labute approximate surface area is 337 Å². The molecule has 4 aromatic rings. The average Bonchev–Trinajstić information content (AvgIpc) is 3.19. The van der Waals surface area contributed by atoms with Crippen molar-refractivity contribution >= 4 is 55.2 Å². The van der Waals surface area contributed by atoms with Gasteiger partial charge in [0, 0.05) is 16.9 Å². The minimum absolute atomic E-state index is 0.0209. The first-order chi connectivity index (χ1) is 27.4. The minimum atomic E-state index is -4.20. The second-order valence-electron chi connectivity index (χ2n) is 11.5. The van der Waals surface area contributed by atoms with Crippen LogP contribution in [0.5, 0.6) is 11.5 Å². The van der Waals surface area contributed by atoms with Crippen LogP contribution in [0.3, 0.4) is 0 Å². The molecule has 0 unspecified atom stereocenters. The van der Waals surface area contributed by atoms with Crippen molar-refractivity contribution in [1.82, 2.24) is 14.8 Å². The molecule has 4 rings (SSSR count). The van der Waals surface area contributed by atoms with E-state index < -0.39 is 72.2 Å². The molecule has 0 radical (unpaired) electrons. The van der Waals surface area contributed by atoms with Crippen molar-refractivity contribution in [1.29, 1.82) is 0 Å². The molecule has 0 atom stereocenters. The highest BCUT2D eigenvalue weighted by molar-refractivity contribution is 7.90. The van der Waals surface area contributed by atoms with Crippen molar-refractivity contribution in [2.75, 3.05) is 49.9 Å². The van der Waals surface area contributed by atoms with Gasteiger partial charge in [0.15, 0.2) is 0 Å². The molecule has 0 aliphatic heterocycles. The number of hydrogen-bond donors (Lipinski definition) is 9. The van der Waals surface area contributed by atoms with E-state index in [0.717, 1.165) is 37.4 Å². The SMILES string of the molecule is CCNCC.CC[NH2+]CC.O=C(CNS(=O)(=O)c1ccccc1C(=O)O)Nc1ccc(O)cc1.O=C(CNS(=O)(=O)c1ccccc1C(=O)[O-])Nc1ccc(O)cc1. The molecule has 0 aliphatic carbocycles. The van der Waals surface area contributed by atoms with Crippen molar-refractivity contribution in [3.05, 3.63) is 108 Å². The largest absolute Gasteiger partial charge is 0.545 e. The molecule has 0 bridgehead atoms. The van der Waals surface area contributed by atoms with E-state index in [4.69, 9.17) is 15.3 Å². The molecule has 58 heavy (non-hydrogen) atoms. The van der Waals surface area contributed by atoms with Gasteiger partial charge < -0.3 is 46.5 Å². The zero-order valence-corrected chi connectivity index (χ0v) is 34.0. The highest BCUT2D eigenvalue weighted by Crippen LogP contribution is 2.17. The maximum atomic E-state index is 12.2. The van der Waals surface area contributed by atoms with Crippen molar-refractivity contribution in [3.63, 3.8) is 0 Å². The summed E-state index contributed by atoms with van der Waals surface area (Å²) in [5, 5.41) is 48.5. The first-order valence-electron chi connectivity index (χ1n) is 17.7. The molecule has 0 aromatic heterocycles. The molecule has 0 heterocycles. The summed E-state index contributed by atoms with van der Waals surface area (Å²) in [6.45, 7) is 12.0. The maximum absolute atomic E-state index is 12.2. The van der Waals surface area contributed by atoms with E-state index in [0.29, 0.717) is 11.4 Å². The topological polar surface area (TPSA) is 297 Å². The van der Waals surface area contributed by atoms with Gasteiger partial charge in [-0.1, -0.05) is 44.2 Å². The first-order valence-corrected chi connectivity index (χ1v) is 20.7. The summed E-state index contributed by atoms with van der Waals surface area (Å²) in [4.78, 5) is 44.7. The third-order valence-corrected chi connectivity index (χ3v) is 9.95. The Kier molecular flexibility index (Phi) is 22.6. The summed E-state index contributed by atoms with van der Waals surface area (Å²) in [6, 6.07) is 21.2. The Morgan fingerprint density at radius 2 is 0.948 bits per heavy atom. The Bertz CT molecular complexity index is 1980. The molecule has 10 N–H and O–H groups in total. The molecule has 0 saturated carbocycles. The monoisotopic (exact) mass is 846 g/mol. The molecular weight excluding hydrogens is 797 g/mol. The van der Waals surface area contributed by atoms with Crippen molar-refractivity contribution in [2.24, 2.45) is 0 Å². The van der Waals surface area contributed by atoms with Crippen LogP contribution in [0.4, 0.5) is 11.4 Å². The first kappa shape index (κ1) is 50.1. The number of phenolic OH excluding ortho intramolecular Hbond substituents is 2. The summed E-state index contributed by atoms with van der Waals surface area (Å²) >= 11 is 0. The summed E-state index contributed by atoms with van der Waals surface area (Å²) in [5.41, 5.74) is -0.136. The van der Waals surface area contributed by atoms with Gasteiger partial charge in [0.05, 0.1) is 47.5 Å². The Hall–Kier alpha value is -5.90. The Morgan fingerprint density at radius 3 is 1.26 bits per heavy atom. The number of sulfonamides is 2. The highest BCUT2D eigenvalue weighted by Gasteiger charge is 2.23. The van der Waals surface area contributed by atoms with Gasteiger partial charge in [-0.3, -0.25) is 9.59 Å². The predicted molar refractivity (Wildman–Crippen MR) is 215 cm³/mol. The van der Waals surface area contributed by atoms with E-state index in [2.05, 4.69) is 49.0 Å². The lowest BCUT2D eigenvalue weighted by atomic mass is 10.2. The molecular formula is C38H50N6O12S2. The van der Waals surface area contributed by atoms with E-state index in [9.17, 15) is 41.1 Å². The number of carbonyl (C=O) groups excluding carboxylic acids is 3. The van der Waals surface area contributed by atoms with Gasteiger partial charge >= 0.3 is 5.97 Å².